The molecule has 0 aromatic heterocycles. The lowest BCUT2D eigenvalue weighted by Crippen LogP contribution is -2.54. The SMILES string of the molecule is COCCN1CCN([C@@H](C)C(=O)NC[C@@H]2CCCO2)CC1. The molecule has 2 rings (SSSR count). The van der Waals surface area contributed by atoms with Gasteiger partial charge in [0.2, 0.25) is 5.91 Å². The summed E-state index contributed by atoms with van der Waals surface area (Å²) in [7, 11) is 1.73. The summed E-state index contributed by atoms with van der Waals surface area (Å²) in [4.78, 5) is 16.9. The molecule has 21 heavy (non-hydrogen) atoms. The van der Waals surface area contributed by atoms with Crippen molar-refractivity contribution in [2.45, 2.75) is 31.9 Å². The Kier molecular flexibility index (Phi) is 6.89. The van der Waals surface area contributed by atoms with Crippen LogP contribution in [0.15, 0.2) is 0 Å². The molecule has 2 aliphatic heterocycles. The average Bonchev–Trinajstić information content (AvgIpc) is 3.04. The van der Waals surface area contributed by atoms with E-state index in [1.807, 2.05) is 6.92 Å². The van der Waals surface area contributed by atoms with Crippen molar-refractivity contribution in [2.75, 3.05) is 59.6 Å². The van der Waals surface area contributed by atoms with Crippen molar-refractivity contribution in [2.24, 2.45) is 0 Å². The Labute approximate surface area is 127 Å². The average molecular weight is 299 g/mol. The molecule has 2 heterocycles. The van der Waals surface area contributed by atoms with Gasteiger partial charge in [0.05, 0.1) is 18.8 Å². The Balaban J connectivity index is 1.65. The predicted octanol–water partition coefficient (Wildman–Crippen LogP) is -0.0659. The van der Waals surface area contributed by atoms with Gasteiger partial charge in [-0.2, -0.15) is 0 Å². The van der Waals surface area contributed by atoms with Gasteiger partial charge in [-0.15, -0.1) is 0 Å². The first kappa shape index (κ1) is 16.7. The highest BCUT2D eigenvalue weighted by Crippen LogP contribution is 2.11. The number of piperazine rings is 1. The van der Waals surface area contributed by atoms with Crippen molar-refractivity contribution in [1.29, 1.82) is 0 Å². The topological polar surface area (TPSA) is 54.0 Å². The summed E-state index contributed by atoms with van der Waals surface area (Å²) in [6.07, 6.45) is 2.39. The maximum absolute atomic E-state index is 12.2. The maximum atomic E-state index is 12.2. The molecular weight excluding hydrogens is 270 g/mol. The van der Waals surface area contributed by atoms with Crippen LogP contribution in [0, 0.1) is 0 Å². The number of nitrogens with one attached hydrogen (secondary N) is 1. The highest BCUT2D eigenvalue weighted by Gasteiger charge is 2.26. The number of carbonyl (C=O) groups is 1. The van der Waals surface area contributed by atoms with E-state index in [4.69, 9.17) is 9.47 Å². The molecule has 0 aliphatic carbocycles. The second-order valence-corrected chi connectivity index (χ2v) is 5.93. The molecule has 122 valence electrons. The van der Waals surface area contributed by atoms with Gasteiger partial charge in [-0.1, -0.05) is 0 Å². The van der Waals surface area contributed by atoms with E-state index in [1.54, 1.807) is 7.11 Å². The third-order valence-corrected chi connectivity index (χ3v) is 4.47. The zero-order chi connectivity index (χ0) is 15.1. The van der Waals surface area contributed by atoms with E-state index in [1.165, 1.54) is 0 Å². The van der Waals surface area contributed by atoms with Crippen LogP contribution in [0.5, 0.6) is 0 Å². The molecule has 2 aliphatic rings. The lowest BCUT2D eigenvalue weighted by molar-refractivity contribution is -0.127. The number of ether oxygens (including phenoxy) is 2. The molecule has 2 saturated heterocycles. The summed E-state index contributed by atoms with van der Waals surface area (Å²) in [6.45, 7) is 9.13. The molecule has 0 aromatic rings. The monoisotopic (exact) mass is 299 g/mol. The summed E-state index contributed by atoms with van der Waals surface area (Å²) < 4.78 is 10.6. The van der Waals surface area contributed by atoms with Crippen molar-refractivity contribution in [3.63, 3.8) is 0 Å². The summed E-state index contributed by atoms with van der Waals surface area (Å²) >= 11 is 0. The Morgan fingerprint density at radius 2 is 2.14 bits per heavy atom. The summed E-state index contributed by atoms with van der Waals surface area (Å²) in [6, 6.07) is -0.0593. The molecule has 2 atom stereocenters. The van der Waals surface area contributed by atoms with Gasteiger partial charge in [0, 0.05) is 53.0 Å². The lowest BCUT2D eigenvalue weighted by Gasteiger charge is -2.37. The highest BCUT2D eigenvalue weighted by molar-refractivity contribution is 5.81. The van der Waals surface area contributed by atoms with Crippen molar-refractivity contribution < 1.29 is 14.3 Å². The number of rotatable bonds is 7. The van der Waals surface area contributed by atoms with E-state index in [0.29, 0.717) is 6.54 Å². The summed E-state index contributed by atoms with van der Waals surface area (Å²) in [5.41, 5.74) is 0. The second-order valence-electron chi connectivity index (χ2n) is 5.93. The Morgan fingerprint density at radius 1 is 1.38 bits per heavy atom. The second kappa shape index (κ2) is 8.68. The Hall–Kier alpha value is -0.690. The van der Waals surface area contributed by atoms with E-state index >= 15 is 0 Å². The first-order valence-corrected chi connectivity index (χ1v) is 8.05. The van der Waals surface area contributed by atoms with E-state index in [-0.39, 0.29) is 18.1 Å². The minimum absolute atomic E-state index is 0.0593. The Morgan fingerprint density at radius 3 is 2.76 bits per heavy atom. The largest absolute Gasteiger partial charge is 0.383 e. The molecule has 6 heteroatoms. The minimum Gasteiger partial charge on any atom is -0.383 e. The van der Waals surface area contributed by atoms with E-state index < -0.39 is 0 Å². The van der Waals surface area contributed by atoms with E-state index in [9.17, 15) is 4.79 Å². The summed E-state index contributed by atoms with van der Waals surface area (Å²) in [5, 5.41) is 3.03. The zero-order valence-corrected chi connectivity index (χ0v) is 13.3. The summed E-state index contributed by atoms with van der Waals surface area (Å²) in [5.74, 6) is 0.121. The van der Waals surface area contributed by atoms with E-state index in [0.717, 1.165) is 58.8 Å². The normalized spacial score (nSPS) is 25.9. The van der Waals surface area contributed by atoms with Crippen LogP contribution in [0.1, 0.15) is 19.8 Å². The van der Waals surface area contributed by atoms with Gasteiger partial charge in [0.1, 0.15) is 0 Å². The predicted molar refractivity (Wildman–Crippen MR) is 81.3 cm³/mol. The van der Waals surface area contributed by atoms with Crippen LogP contribution in [0.2, 0.25) is 0 Å². The van der Waals surface area contributed by atoms with E-state index in [2.05, 4.69) is 15.1 Å². The molecule has 0 radical (unpaired) electrons. The lowest BCUT2D eigenvalue weighted by atomic mass is 10.2. The highest BCUT2D eigenvalue weighted by atomic mass is 16.5. The van der Waals surface area contributed by atoms with Gasteiger partial charge in [-0.3, -0.25) is 14.6 Å². The molecular formula is C15H29N3O3. The van der Waals surface area contributed by atoms with Gasteiger partial charge in [0.25, 0.3) is 0 Å². The number of hydrogen-bond donors (Lipinski definition) is 1. The van der Waals surface area contributed by atoms with Crippen LogP contribution in [0.25, 0.3) is 0 Å². The number of hydrogen-bond acceptors (Lipinski definition) is 5. The maximum Gasteiger partial charge on any atom is 0.237 e. The van der Waals surface area contributed by atoms with Crippen molar-refractivity contribution in [3.8, 4) is 0 Å². The fourth-order valence-corrected chi connectivity index (χ4v) is 2.93. The molecule has 1 amide bonds. The van der Waals surface area contributed by atoms with Crippen LogP contribution in [-0.2, 0) is 14.3 Å². The smallest absolute Gasteiger partial charge is 0.237 e. The van der Waals surface area contributed by atoms with Gasteiger partial charge in [-0.05, 0) is 19.8 Å². The third-order valence-electron chi connectivity index (χ3n) is 4.47. The van der Waals surface area contributed by atoms with Crippen molar-refractivity contribution >= 4 is 5.91 Å². The number of nitrogens with zero attached hydrogens (tertiary/aromatic N) is 2. The molecule has 0 spiro atoms. The fraction of sp³-hybridized carbons (Fsp3) is 0.933. The van der Waals surface area contributed by atoms with Crippen molar-refractivity contribution in [3.05, 3.63) is 0 Å². The molecule has 0 bridgehead atoms. The van der Waals surface area contributed by atoms with Crippen LogP contribution in [0.3, 0.4) is 0 Å². The first-order chi connectivity index (χ1) is 10.2. The molecule has 0 unspecified atom stereocenters. The minimum atomic E-state index is -0.0593. The molecule has 2 fully saturated rings. The van der Waals surface area contributed by atoms with Crippen molar-refractivity contribution in [1.82, 2.24) is 15.1 Å². The zero-order valence-electron chi connectivity index (χ0n) is 13.3. The van der Waals surface area contributed by atoms with Crippen LogP contribution >= 0.6 is 0 Å². The molecule has 0 saturated carbocycles. The Bertz CT molecular complexity index is 313. The van der Waals surface area contributed by atoms with Gasteiger partial charge < -0.3 is 14.8 Å². The van der Waals surface area contributed by atoms with Gasteiger partial charge in [-0.25, -0.2) is 0 Å². The number of amides is 1. The van der Waals surface area contributed by atoms with Gasteiger partial charge in [0.15, 0.2) is 0 Å². The first-order valence-electron chi connectivity index (χ1n) is 8.05. The van der Waals surface area contributed by atoms with Crippen LogP contribution < -0.4 is 5.32 Å². The molecule has 6 nitrogen and oxygen atoms in total. The molecule has 0 aromatic carbocycles. The fourth-order valence-electron chi connectivity index (χ4n) is 2.93. The van der Waals surface area contributed by atoms with Crippen LogP contribution in [-0.4, -0.2) is 87.4 Å². The van der Waals surface area contributed by atoms with Gasteiger partial charge >= 0.3 is 0 Å². The molecule has 1 N–H and O–H groups in total. The van der Waals surface area contributed by atoms with Crippen LogP contribution in [0.4, 0.5) is 0 Å². The quantitative estimate of drug-likeness (QED) is 0.713. The third kappa shape index (κ3) is 5.21. The standard InChI is InChI=1S/C15H29N3O3/c1-13(15(19)16-12-14-4-3-10-21-14)18-7-5-17(6-8-18)9-11-20-2/h13-14H,3-12H2,1-2H3,(H,16,19)/t13-,14-/m0/s1. The number of methoxy groups -OCH3 is 1. The number of carbonyl (C=O) groups excluding carboxylic acids is 1.